The van der Waals surface area contributed by atoms with Crippen molar-refractivity contribution in [1.82, 2.24) is 9.97 Å². The van der Waals surface area contributed by atoms with E-state index in [4.69, 9.17) is 0 Å². The normalized spacial score (nSPS) is 46.6. The summed E-state index contributed by atoms with van der Waals surface area (Å²) in [6, 6.07) is 0. The fourth-order valence-corrected chi connectivity index (χ4v) is 7.81. The lowest BCUT2D eigenvalue weighted by Gasteiger charge is -2.59. The maximum absolute atomic E-state index is 10.3. The molecule has 0 radical (unpaired) electrons. The van der Waals surface area contributed by atoms with Gasteiger partial charge in [-0.3, -0.25) is 0 Å². The molecular formula is C24H34N2O. The fourth-order valence-electron chi connectivity index (χ4n) is 7.81. The van der Waals surface area contributed by atoms with Gasteiger partial charge in [-0.1, -0.05) is 38.0 Å². The van der Waals surface area contributed by atoms with Gasteiger partial charge in [0.15, 0.2) is 0 Å². The Balaban J connectivity index is 1.55. The van der Waals surface area contributed by atoms with Crippen molar-refractivity contribution in [2.45, 2.75) is 72.3 Å². The topological polar surface area (TPSA) is 48.9 Å². The van der Waals surface area contributed by atoms with Crippen molar-refractivity contribution >= 4 is 5.57 Å². The van der Waals surface area contributed by atoms with Gasteiger partial charge in [-0.05, 0) is 85.5 Å². The molecule has 7 atom stereocenters. The number of rotatable bonds is 1. The third-order valence-corrected chi connectivity index (χ3v) is 9.06. The summed E-state index contributed by atoms with van der Waals surface area (Å²) in [5.41, 5.74) is 5.16. The minimum absolute atomic E-state index is 0.122. The van der Waals surface area contributed by atoms with Gasteiger partial charge in [-0.15, -0.1) is 0 Å². The Bertz CT molecular complexity index is 806. The average molecular weight is 367 g/mol. The first-order valence-electron chi connectivity index (χ1n) is 10.9. The first-order valence-corrected chi connectivity index (χ1v) is 10.9. The van der Waals surface area contributed by atoms with Crippen LogP contribution >= 0.6 is 0 Å². The number of aliphatic hydroxyl groups excluding tert-OH is 1. The second kappa shape index (κ2) is 5.83. The maximum atomic E-state index is 10.3. The minimum atomic E-state index is -0.122. The molecule has 3 nitrogen and oxygen atoms in total. The van der Waals surface area contributed by atoms with Crippen molar-refractivity contribution in [1.29, 1.82) is 0 Å². The van der Waals surface area contributed by atoms with Gasteiger partial charge in [0.2, 0.25) is 0 Å². The predicted octanol–water partition coefficient (Wildman–Crippen LogP) is 5.36. The van der Waals surface area contributed by atoms with Crippen molar-refractivity contribution < 1.29 is 5.11 Å². The Hall–Kier alpha value is -1.35. The monoisotopic (exact) mass is 366 g/mol. The van der Waals surface area contributed by atoms with Gasteiger partial charge in [0.05, 0.1) is 6.10 Å². The highest BCUT2D eigenvalue weighted by Gasteiger charge is 2.59. The fraction of sp³-hybridized carbons (Fsp3) is 0.708. The molecule has 1 aromatic heterocycles. The molecule has 2 saturated carbocycles. The van der Waals surface area contributed by atoms with Gasteiger partial charge in [-0.25, -0.2) is 4.98 Å². The molecule has 5 rings (SSSR count). The molecule has 0 unspecified atom stereocenters. The number of H-pyrrole nitrogens is 1. The van der Waals surface area contributed by atoms with Gasteiger partial charge in [0.1, 0.15) is 5.82 Å². The summed E-state index contributed by atoms with van der Waals surface area (Å²) in [6.07, 6.45) is 13.1. The minimum Gasteiger partial charge on any atom is -0.393 e. The molecule has 3 heteroatoms. The number of aromatic amines is 1. The average Bonchev–Trinajstić information content (AvgIpc) is 3.21. The summed E-state index contributed by atoms with van der Waals surface area (Å²) in [5, 5.41) is 10.3. The molecule has 4 aliphatic carbocycles. The van der Waals surface area contributed by atoms with E-state index in [1.165, 1.54) is 24.8 Å². The highest BCUT2D eigenvalue weighted by molar-refractivity contribution is 5.71. The number of fused-ring (bicyclic) bond motifs is 5. The molecular weight excluding hydrogens is 332 g/mol. The van der Waals surface area contributed by atoms with Crippen LogP contribution in [0.4, 0.5) is 0 Å². The van der Waals surface area contributed by atoms with E-state index in [0.717, 1.165) is 36.9 Å². The number of allylic oxidation sites excluding steroid dienone is 3. The number of aromatic nitrogens is 2. The molecule has 2 N–H and O–H groups in total. The summed E-state index contributed by atoms with van der Waals surface area (Å²) in [7, 11) is 0. The van der Waals surface area contributed by atoms with Crippen LogP contribution in [0.5, 0.6) is 0 Å². The second-order valence-corrected chi connectivity index (χ2v) is 10.4. The first kappa shape index (κ1) is 17.7. The molecule has 146 valence electrons. The number of nitrogens with zero attached hydrogens (tertiary/aromatic N) is 1. The lowest BCUT2D eigenvalue weighted by molar-refractivity contribution is -0.0429. The van der Waals surface area contributed by atoms with Crippen LogP contribution in [-0.2, 0) is 0 Å². The molecule has 1 heterocycles. The zero-order valence-electron chi connectivity index (χ0n) is 17.3. The van der Waals surface area contributed by atoms with Gasteiger partial charge >= 0.3 is 0 Å². The Kier molecular flexibility index (Phi) is 3.82. The standard InChI is InChI=1S/C24H34N2O/c1-14-11-16-13-17(27)5-7-23(16,3)18-6-8-24(4)19(20(14)18)12-15(2)21(24)22-25-9-10-26-22/h9-11,14,17-20,27H,5-8,12-13H2,1-4H3,(H,25,26)/t14-,17-,18-,19-,20+,23-,24-/m0/s1. The lowest BCUT2D eigenvalue weighted by atomic mass is 9.45. The van der Waals surface area contributed by atoms with E-state index in [2.05, 4.69) is 43.7 Å². The summed E-state index contributed by atoms with van der Waals surface area (Å²) < 4.78 is 0. The zero-order valence-corrected chi connectivity index (χ0v) is 17.3. The molecule has 1 aromatic rings. The molecule has 0 saturated heterocycles. The third kappa shape index (κ3) is 2.33. The van der Waals surface area contributed by atoms with Crippen LogP contribution in [-0.4, -0.2) is 21.2 Å². The van der Waals surface area contributed by atoms with Gasteiger partial charge in [-0.2, -0.15) is 0 Å². The van der Waals surface area contributed by atoms with E-state index in [9.17, 15) is 5.11 Å². The largest absolute Gasteiger partial charge is 0.393 e. The van der Waals surface area contributed by atoms with Crippen LogP contribution in [0.15, 0.2) is 29.6 Å². The van der Waals surface area contributed by atoms with Crippen LogP contribution < -0.4 is 0 Å². The maximum Gasteiger partial charge on any atom is 0.133 e. The first-order chi connectivity index (χ1) is 12.8. The highest BCUT2D eigenvalue weighted by Crippen LogP contribution is 2.68. The Labute approximate surface area is 163 Å². The molecule has 0 bridgehead atoms. The number of hydrogen-bond donors (Lipinski definition) is 2. The molecule has 2 fully saturated rings. The van der Waals surface area contributed by atoms with Gasteiger partial charge in [0.25, 0.3) is 0 Å². The van der Waals surface area contributed by atoms with E-state index in [1.54, 1.807) is 11.1 Å². The highest BCUT2D eigenvalue weighted by atomic mass is 16.3. The number of aliphatic hydroxyl groups is 1. The van der Waals surface area contributed by atoms with Crippen molar-refractivity contribution in [3.63, 3.8) is 0 Å². The Morgan fingerprint density at radius 3 is 2.63 bits per heavy atom. The van der Waals surface area contributed by atoms with Crippen molar-refractivity contribution in [2.24, 2.45) is 34.5 Å². The molecule has 0 aromatic carbocycles. The SMILES string of the molecule is CC1=C(c2ncc[nH]2)[C@@]2(C)CC[C@H]3[C@@H]([C@@H](C)C=C4C[C@@H](O)CC[C@@]43C)[C@@H]2C1. The van der Waals surface area contributed by atoms with Crippen molar-refractivity contribution in [3.8, 4) is 0 Å². The predicted molar refractivity (Wildman–Crippen MR) is 109 cm³/mol. The van der Waals surface area contributed by atoms with Gasteiger partial charge < -0.3 is 10.1 Å². The van der Waals surface area contributed by atoms with E-state index < -0.39 is 0 Å². The molecule has 0 aliphatic heterocycles. The van der Waals surface area contributed by atoms with Crippen LogP contribution in [0.25, 0.3) is 5.57 Å². The molecule has 27 heavy (non-hydrogen) atoms. The Morgan fingerprint density at radius 2 is 1.89 bits per heavy atom. The van der Waals surface area contributed by atoms with E-state index in [-0.39, 0.29) is 11.5 Å². The lowest BCUT2D eigenvalue weighted by Crippen LogP contribution is -2.52. The van der Waals surface area contributed by atoms with Crippen LogP contribution in [0.2, 0.25) is 0 Å². The summed E-state index contributed by atoms with van der Waals surface area (Å²) in [4.78, 5) is 8.04. The second-order valence-electron chi connectivity index (χ2n) is 10.4. The summed E-state index contributed by atoms with van der Waals surface area (Å²) in [6.45, 7) is 9.81. The molecule has 4 aliphatic rings. The Morgan fingerprint density at radius 1 is 1.11 bits per heavy atom. The molecule has 0 spiro atoms. The van der Waals surface area contributed by atoms with Crippen LogP contribution in [0, 0.1) is 34.5 Å². The van der Waals surface area contributed by atoms with Crippen molar-refractivity contribution in [3.05, 3.63) is 35.4 Å². The number of nitrogens with one attached hydrogen (secondary N) is 1. The smallest absolute Gasteiger partial charge is 0.133 e. The van der Waals surface area contributed by atoms with E-state index in [0.29, 0.717) is 17.3 Å². The third-order valence-electron chi connectivity index (χ3n) is 9.06. The van der Waals surface area contributed by atoms with Gasteiger partial charge in [0, 0.05) is 12.4 Å². The summed E-state index contributed by atoms with van der Waals surface area (Å²) >= 11 is 0. The summed E-state index contributed by atoms with van der Waals surface area (Å²) in [5.74, 6) is 3.93. The zero-order chi connectivity index (χ0) is 19.0. The van der Waals surface area contributed by atoms with Crippen LogP contribution in [0.3, 0.4) is 0 Å². The number of imidazole rings is 1. The molecule has 0 amide bonds. The van der Waals surface area contributed by atoms with Crippen LogP contribution in [0.1, 0.15) is 72.0 Å². The van der Waals surface area contributed by atoms with E-state index in [1.807, 2.05) is 12.4 Å². The quantitative estimate of drug-likeness (QED) is 0.657. The van der Waals surface area contributed by atoms with Crippen molar-refractivity contribution in [2.75, 3.05) is 0 Å². The van der Waals surface area contributed by atoms with E-state index >= 15 is 0 Å². The number of hydrogen-bond acceptors (Lipinski definition) is 2.